The number of nitrogens with two attached hydrogens (primary N) is 1. The molecule has 0 bridgehead atoms. The lowest BCUT2D eigenvalue weighted by Gasteiger charge is -2.40. The minimum atomic E-state index is -0.165. The molecule has 0 aromatic rings. The molecular formula is C13H26N2O2. The summed E-state index contributed by atoms with van der Waals surface area (Å²) in [6, 6.07) is 0.429. The van der Waals surface area contributed by atoms with Crippen LogP contribution >= 0.6 is 0 Å². The molecule has 0 radical (unpaired) electrons. The van der Waals surface area contributed by atoms with Crippen molar-refractivity contribution in [2.45, 2.75) is 38.6 Å². The molecule has 0 amide bonds. The SMILES string of the molecule is CCC1CCC(CN)C(N(C)CC(=O)OC)C1. The summed E-state index contributed by atoms with van der Waals surface area (Å²) >= 11 is 0. The van der Waals surface area contributed by atoms with Crippen LogP contribution in [0.25, 0.3) is 0 Å². The maximum Gasteiger partial charge on any atom is 0.319 e. The Bertz CT molecular complexity index is 246. The molecule has 1 rings (SSSR count). The van der Waals surface area contributed by atoms with Crippen LogP contribution in [-0.2, 0) is 9.53 Å². The third kappa shape index (κ3) is 3.96. The number of likely N-dealkylation sites (N-methyl/N-ethyl adjacent to an activating group) is 1. The quantitative estimate of drug-likeness (QED) is 0.737. The van der Waals surface area contributed by atoms with Crippen molar-refractivity contribution in [1.82, 2.24) is 4.90 Å². The number of hydrogen-bond acceptors (Lipinski definition) is 4. The Morgan fingerprint density at radius 1 is 1.47 bits per heavy atom. The molecule has 4 heteroatoms. The second-order valence-corrected chi connectivity index (χ2v) is 5.14. The molecule has 4 nitrogen and oxygen atoms in total. The van der Waals surface area contributed by atoms with Crippen molar-refractivity contribution >= 4 is 5.97 Å². The highest BCUT2D eigenvalue weighted by molar-refractivity contribution is 5.71. The number of ether oxygens (including phenoxy) is 1. The van der Waals surface area contributed by atoms with Gasteiger partial charge < -0.3 is 10.5 Å². The zero-order chi connectivity index (χ0) is 12.8. The van der Waals surface area contributed by atoms with E-state index in [0.717, 1.165) is 12.3 Å². The van der Waals surface area contributed by atoms with Gasteiger partial charge in [-0.1, -0.05) is 19.8 Å². The van der Waals surface area contributed by atoms with E-state index in [2.05, 4.69) is 11.8 Å². The van der Waals surface area contributed by atoms with Crippen LogP contribution in [0.3, 0.4) is 0 Å². The predicted octanol–water partition coefficient (Wildman–Crippen LogP) is 1.24. The minimum absolute atomic E-state index is 0.165. The van der Waals surface area contributed by atoms with Gasteiger partial charge in [-0.2, -0.15) is 0 Å². The standard InChI is InChI=1S/C13H26N2O2/c1-4-10-5-6-11(8-14)12(7-10)15(2)9-13(16)17-3/h10-12H,4-9,14H2,1-3H3. The smallest absolute Gasteiger partial charge is 0.319 e. The average molecular weight is 242 g/mol. The molecule has 1 saturated carbocycles. The molecule has 0 aromatic carbocycles. The Kier molecular flexibility index (Phi) is 5.92. The van der Waals surface area contributed by atoms with E-state index in [0.29, 0.717) is 25.0 Å². The zero-order valence-corrected chi connectivity index (χ0v) is 11.3. The summed E-state index contributed by atoms with van der Waals surface area (Å²) < 4.78 is 4.72. The summed E-state index contributed by atoms with van der Waals surface area (Å²) in [5.74, 6) is 1.14. The van der Waals surface area contributed by atoms with Crippen molar-refractivity contribution in [3.05, 3.63) is 0 Å². The predicted molar refractivity (Wildman–Crippen MR) is 68.6 cm³/mol. The molecule has 3 unspecified atom stereocenters. The van der Waals surface area contributed by atoms with Crippen molar-refractivity contribution in [2.75, 3.05) is 27.2 Å². The molecule has 2 N–H and O–H groups in total. The largest absolute Gasteiger partial charge is 0.468 e. The fourth-order valence-corrected chi connectivity index (χ4v) is 2.86. The van der Waals surface area contributed by atoms with Crippen molar-refractivity contribution in [3.63, 3.8) is 0 Å². The monoisotopic (exact) mass is 242 g/mol. The van der Waals surface area contributed by atoms with Crippen LogP contribution in [0.2, 0.25) is 0 Å². The number of rotatable bonds is 5. The van der Waals surface area contributed by atoms with Crippen molar-refractivity contribution in [3.8, 4) is 0 Å². The van der Waals surface area contributed by atoms with Crippen LogP contribution in [0, 0.1) is 11.8 Å². The molecule has 1 fully saturated rings. The van der Waals surface area contributed by atoms with Crippen LogP contribution in [0.5, 0.6) is 0 Å². The number of hydrogen-bond donors (Lipinski definition) is 1. The zero-order valence-electron chi connectivity index (χ0n) is 11.3. The third-order valence-electron chi connectivity index (χ3n) is 4.12. The highest BCUT2D eigenvalue weighted by atomic mass is 16.5. The molecule has 0 aromatic heterocycles. The molecular weight excluding hydrogens is 216 g/mol. The van der Waals surface area contributed by atoms with E-state index in [1.165, 1.54) is 26.4 Å². The van der Waals surface area contributed by atoms with Crippen molar-refractivity contribution < 1.29 is 9.53 Å². The first kappa shape index (κ1) is 14.5. The van der Waals surface area contributed by atoms with Gasteiger partial charge in [0.1, 0.15) is 0 Å². The van der Waals surface area contributed by atoms with Crippen LogP contribution in [-0.4, -0.2) is 44.2 Å². The Labute approximate surface area is 104 Å². The number of esters is 1. The second-order valence-electron chi connectivity index (χ2n) is 5.14. The van der Waals surface area contributed by atoms with Crippen LogP contribution in [0.4, 0.5) is 0 Å². The maximum atomic E-state index is 11.3. The first-order valence-electron chi connectivity index (χ1n) is 6.59. The van der Waals surface area contributed by atoms with Gasteiger partial charge in [-0.3, -0.25) is 9.69 Å². The van der Waals surface area contributed by atoms with Gasteiger partial charge in [-0.15, -0.1) is 0 Å². The molecule has 0 saturated heterocycles. The Morgan fingerprint density at radius 2 is 2.18 bits per heavy atom. The van der Waals surface area contributed by atoms with E-state index in [9.17, 15) is 4.79 Å². The topological polar surface area (TPSA) is 55.6 Å². The molecule has 1 aliphatic rings. The highest BCUT2D eigenvalue weighted by Gasteiger charge is 2.32. The third-order valence-corrected chi connectivity index (χ3v) is 4.12. The molecule has 0 spiro atoms. The van der Waals surface area contributed by atoms with E-state index in [1.807, 2.05) is 7.05 Å². The second kappa shape index (κ2) is 6.97. The summed E-state index contributed by atoms with van der Waals surface area (Å²) in [4.78, 5) is 13.4. The van der Waals surface area contributed by atoms with Gasteiger partial charge in [0.2, 0.25) is 0 Å². The van der Waals surface area contributed by atoms with Gasteiger partial charge in [0.15, 0.2) is 0 Å². The fourth-order valence-electron chi connectivity index (χ4n) is 2.86. The highest BCUT2D eigenvalue weighted by Crippen LogP contribution is 2.33. The van der Waals surface area contributed by atoms with E-state index in [4.69, 9.17) is 10.5 Å². The molecule has 100 valence electrons. The van der Waals surface area contributed by atoms with E-state index < -0.39 is 0 Å². The summed E-state index contributed by atoms with van der Waals surface area (Å²) in [5, 5.41) is 0. The minimum Gasteiger partial charge on any atom is -0.468 e. The molecule has 3 atom stereocenters. The van der Waals surface area contributed by atoms with E-state index in [-0.39, 0.29) is 5.97 Å². The average Bonchev–Trinajstić information content (AvgIpc) is 2.37. The van der Waals surface area contributed by atoms with Gasteiger partial charge in [-0.25, -0.2) is 0 Å². The Balaban J connectivity index is 2.58. The number of carbonyl (C=O) groups is 1. The normalized spacial score (nSPS) is 29.4. The summed E-state index contributed by atoms with van der Waals surface area (Å²) in [5.41, 5.74) is 5.84. The van der Waals surface area contributed by atoms with Crippen LogP contribution in [0.1, 0.15) is 32.6 Å². The number of carbonyl (C=O) groups excluding carboxylic acids is 1. The number of nitrogens with zero attached hydrogens (tertiary/aromatic N) is 1. The summed E-state index contributed by atoms with van der Waals surface area (Å²) in [6.45, 7) is 3.32. The van der Waals surface area contributed by atoms with Gasteiger partial charge in [0, 0.05) is 6.04 Å². The van der Waals surface area contributed by atoms with Crippen molar-refractivity contribution in [1.29, 1.82) is 0 Å². The fraction of sp³-hybridized carbons (Fsp3) is 0.923. The van der Waals surface area contributed by atoms with Gasteiger partial charge in [0.05, 0.1) is 13.7 Å². The van der Waals surface area contributed by atoms with Crippen molar-refractivity contribution in [2.24, 2.45) is 17.6 Å². The number of methoxy groups -OCH3 is 1. The first-order chi connectivity index (χ1) is 8.12. The van der Waals surface area contributed by atoms with Gasteiger partial charge >= 0.3 is 5.97 Å². The Morgan fingerprint density at radius 3 is 2.71 bits per heavy atom. The lowest BCUT2D eigenvalue weighted by molar-refractivity contribution is -0.142. The lowest BCUT2D eigenvalue weighted by Crippen LogP contribution is -2.47. The van der Waals surface area contributed by atoms with Crippen LogP contribution in [0.15, 0.2) is 0 Å². The Hall–Kier alpha value is -0.610. The van der Waals surface area contributed by atoms with Gasteiger partial charge in [-0.05, 0) is 38.3 Å². The summed E-state index contributed by atoms with van der Waals surface area (Å²) in [7, 11) is 3.44. The van der Waals surface area contributed by atoms with Gasteiger partial charge in [0.25, 0.3) is 0 Å². The lowest BCUT2D eigenvalue weighted by atomic mass is 9.76. The van der Waals surface area contributed by atoms with Crippen LogP contribution < -0.4 is 5.73 Å². The molecule has 0 aliphatic heterocycles. The summed E-state index contributed by atoms with van der Waals surface area (Å²) in [6.07, 6.45) is 4.85. The van der Waals surface area contributed by atoms with E-state index in [1.54, 1.807) is 0 Å². The molecule has 0 heterocycles. The molecule has 1 aliphatic carbocycles. The maximum absolute atomic E-state index is 11.3. The van der Waals surface area contributed by atoms with E-state index >= 15 is 0 Å². The molecule has 17 heavy (non-hydrogen) atoms. The first-order valence-corrected chi connectivity index (χ1v) is 6.59.